The van der Waals surface area contributed by atoms with Gasteiger partial charge in [0.2, 0.25) is 17.7 Å². The van der Waals surface area contributed by atoms with Gasteiger partial charge in [0.05, 0.1) is 42.2 Å². The first-order valence-electron chi connectivity index (χ1n) is 17.9. The van der Waals surface area contributed by atoms with E-state index in [-0.39, 0.29) is 71.1 Å². The maximum absolute atomic E-state index is 14.2. The van der Waals surface area contributed by atoms with Crippen LogP contribution in [0.3, 0.4) is 0 Å². The molecule has 6 atom stereocenters. The topological polar surface area (TPSA) is 393 Å². The van der Waals surface area contributed by atoms with Gasteiger partial charge in [0.25, 0.3) is 0 Å². The lowest BCUT2D eigenvalue weighted by Crippen LogP contribution is -2.54. The van der Waals surface area contributed by atoms with Crippen molar-refractivity contribution >= 4 is 41.4 Å². The number of primary amides is 1. The van der Waals surface area contributed by atoms with Crippen LogP contribution in [-0.2, 0) is 28.8 Å². The van der Waals surface area contributed by atoms with E-state index >= 15 is 0 Å². The lowest BCUT2D eigenvalue weighted by molar-refractivity contribution is -0.142. The van der Waals surface area contributed by atoms with E-state index < -0.39 is 71.0 Å². The molecule has 0 bridgehead atoms. The third-order valence-electron chi connectivity index (χ3n) is 8.58. The number of hydrazine groups is 4. The number of rotatable bonds is 35. The summed E-state index contributed by atoms with van der Waals surface area (Å²) in [4.78, 5) is 81.3. The zero-order valence-electron chi connectivity index (χ0n) is 30.3. The molecule has 0 saturated heterocycles. The molecule has 300 valence electrons. The van der Waals surface area contributed by atoms with E-state index in [2.05, 4.69) is 37.7 Å². The number of carbonyl (C=O) groups excluding carboxylic acids is 6. The van der Waals surface area contributed by atoms with E-state index in [1.165, 1.54) is 0 Å². The number of amides is 3. The van der Waals surface area contributed by atoms with Gasteiger partial charge >= 0.3 is 0 Å². The molecule has 0 aromatic rings. The van der Waals surface area contributed by atoms with E-state index in [1.54, 1.807) is 0 Å². The quantitative estimate of drug-likeness (QED) is 0.00721. The van der Waals surface area contributed by atoms with Gasteiger partial charge in [-0.1, -0.05) is 0 Å². The minimum Gasteiger partial charge on any atom is -0.377 e. The summed E-state index contributed by atoms with van der Waals surface area (Å²) in [5, 5.41) is 15.1. The van der Waals surface area contributed by atoms with Crippen LogP contribution in [0.2, 0.25) is 0 Å². The predicted octanol–water partition coefficient (Wildman–Crippen LogP) is -4.99. The molecule has 3 amide bonds. The highest BCUT2D eigenvalue weighted by Gasteiger charge is 2.38. The van der Waals surface area contributed by atoms with Gasteiger partial charge in [-0.25, -0.2) is 0 Å². The van der Waals surface area contributed by atoms with Gasteiger partial charge in [-0.2, -0.15) is 0 Å². The van der Waals surface area contributed by atoms with Crippen molar-refractivity contribution in [3.8, 4) is 0 Å². The number of Topliss-reactive ketones (excluding diaryl/α,β-unsaturated/α-hetero) is 3. The number of nitrogens with one attached hydrogen (secondary N) is 8. The zero-order valence-corrected chi connectivity index (χ0v) is 30.3. The van der Waals surface area contributed by atoms with Gasteiger partial charge < -0.3 is 33.2 Å². The molecule has 0 aromatic heterocycles. The van der Waals surface area contributed by atoms with Crippen LogP contribution in [0, 0.1) is 23.2 Å². The monoisotopic (exact) mass is 744 g/mol. The second-order valence-corrected chi connectivity index (χ2v) is 12.6. The highest BCUT2D eigenvalue weighted by Crippen LogP contribution is 2.19. The van der Waals surface area contributed by atoms with Crippen LogP contribution >= 0.6 is 0 Å². The first-order valence-corrected chi connectivity index (χ1v) is 17.9. The second kappa shape index (κ2) is 30.0. The maximum Gasteiger partial charge on any atom is 0.231 e. The molecule has 0 rings (SSSR count). The molecule has 0 fully saturated rings. The number of ketones is 3. The third kappa shape index (κ3) is 19.4. The molecule has 21 heteroatoms. The van der Waals surface area contributed by atoms with Crippen molar-refractivity contribution in [1.82, 2.24) is 37.7 Å². The van der Waals surface area contributed by atoms with Crippen LogP contribution in [0.25, 0.3) is 0 Å². The Labute approximate surface area is 305 Å². The van der Waals surface area contributed by atoms with Crippen LogP contribution in [0.4, 0.5) is 0 Å². The minimum absolute atomic E-state index is 0.00817. The fourth-order valence-electron chi connectivity index (χ4n) is 5.68. The van der Waals surface area contributed by atoms with Crippen LogP contribution in [0.1, 0.15) is 77.0 Å². The maximum atomic E-state index is 14.2. The van der Waals surface area contributed by atoms with Gasteiger partial charge in [-0.05, 0) is 83.6 Å². The SMILES string of the molecule is N=CNCCCC(C(N)=O)C(=O)C(CCCNN)NC(=O)C(CCCNN)C(=O)[C@@H](CCCNN)NC(=O)C(CCCN)C(=O)C(N)CCCNN. The molecule has 0 saturated carbocycles. The fraction of sp³-hybridized carbons (Fsp3) is 0.774. The zero-order chi connectivity index (χ0) is 39.3. The molecule has 0 aromatic carbocycles. The molecular formula is C31H65N15O6. The van der Waals surface area contributed by atoms with E-state index in [0.29, 0.717) is 45.2 Å². The van der Waals surface area contributed by atoms with Gasteiger partial charge in [0, 0.05) is 32.7 Å². The molecule has 0 radical (unpaired) electrons. The number of carbonyl (C=O) groups is 6. The Bertz CT molecular complexity index is 1090. The Morgan fingerprint density at radius 2 is 0.923 bits per heavy atom. The van der Waals surface area contributed by atoms with E-state index in [1.807, 2.05) is 0 Å². The first kappa shape index (κ1) is 48.5. The average Bonchev–Trinajstić information content (AvgIpc) is 3.12. The third-order valence-corrected chi connectivity index (χ3v) is 8.58. The standard InChI is InChI=1S/C31H65N15O6/c32-13-1-7-21(26(47)23(34)10-4-16-42-37)30(51)46-25(12-6-18-44-39)28(49)22(9-3-15-41-36)31(52)45-24(11-5-17-43-38)27(48)20(29(35)50)8-2-14-40-19-33/h19-25,41-44H,1-18,32,34,36-39H2,(H2,33,40)(H2,35,50)(H,45,52)(H,46,51)/t20?,21?,22?,23?,24?,25-/m1/s1. The average molecular weight is 744 g/mol. The van der Waals surface area contributed by atoms with Crippen LogP contribution in [0.15, 0.2) is 0 Å². The predicted molar refractivity (Wildman–Crippen MR) is 197 cm³/mol. The van der Waals surface area contributed by atoms with Gasteiger partial charge in [0.1, 0.15) is 0 Å². The summed E-state index contributed by atoms with van der Waals surface area (Å²) in [6.07, 6.45) is 3.67. The molecule has 0 heterocycles. The summed E-state index contributed by atoms with van der Waals surface area (Å²) in [7, 11) is 0. The Morgan fingerprint density at radius 3 is 1.37 bits per heavy atom. The fourth-order valence-corrected chi connectivity index (χ4v) is 5.68. The van der Waals surface area contributed by atoms with E-state index in [0.717, 1.165) is 6.34 Å². The van der Waals surface area contributed by atoms with Crippen molar-refractivity contribution in [2.45, 2.75) is 95.2 Å². The minimum atomic E-state index is -1.36. The normalized spacial score (nSPS) is 14.7. The number of hydrogen-bond acceptors (Lipinski definition) is 17. The Kier molecular flexibility index (Phi) is 28.0. The molecule has 0 aliphatic carbocycles. The van der Waals surface area contributed by atoms with Crippen molar-refractivity contribution < 1.29 is 28.8 Å². The summed E-state index contributed by atoms with van der Waals surface area (Å²) in [6.45, 7) is 1.76. The van der Waals surface area contributed by atoms with Crippen LogP contribution in [-0.4, -0.2) is 98.8 Å². The van der Waals surface area contributed by atoms with Crippen molar-refractivity contribution in [2.75, 3.05) is 39.3 Å². The van der Waals surface area contributed by atoms with Gasteiger partial charge in [-0.15, -0.1) is 0 Å². The van der Waals surface area contributed by atoms with Crippen molar-refractivity contribution in [1.29, 1.82) is 5.41 Å². The number of hydrogen-bond donors (Lipinski definition) is 15. The highest BCUT2D eigenvalue weighted by molar-refractivity contribution is 6.09. The molecule has 5 unspecified atom stereocenters. The molecule has 0 aliphatic rings. The lowest BCUT2D eigenvalue weighted by atomic mass is 9.87. The van der Waals surface area contributed by atoms with E-state index in [9.17, 15) is 28.8 Å². The summed E-state index contributed by atoms with van der Waals surface area (Å²) < 4.78 is 0. The smallest absolute Gasteiger partial charge is 0.231 e. The summed E-state index contributed by atoms with van der Waals surface area (Å²) in [6, 6.07) is -3.37. The Balaban J connectivity index is 6.50. The van der Waals surface area contributed by atoms with Gasteiger partial charge in [-0.3, -0.25) is 79.3 Å². The first-order chi connectivity index (χ1) is 24.9. The number of nitrogens with two attached hydrogens (primary N) is 7. The van der Waals surface area contributed by atoms with Crippen LogP contribution in [0.5, 0.6) is 0 Å². The van der Waals surface area contributed by atoms with Gasteiger partial charge in [0.15, 0.2) is 17.3 Å². The molecular weight excluding hydrogens is 678 g/mol. The summed E-state index contributed by atoms with van der Waals surface area (Å²) in [5.74, 6) is 13.7. The molecule has 0 aliphatic heterocycles. The molecule has 22 N–H and O–H groups in total. The molecule has 52 heavy (non-hydrogen) atoms. The summed E-state index contributed by atoms with van der Waals surface area (Å²) >= 11 is 0. The lowest BCUT2D eigenvalue weighted by Gasteiger charge is -2.28. The van der Waals surface area contributed by atoms with Crippen molar-refractivity contribution in [3.05, 3.63) is 0 Å². The van der Waals surface area contributed by atoms with Crippen molar-refractivity contribution in [2.24, 2.45) is 58.3 Å². The molecule has 0 spiro atoms. The van der Waals surface area contributed by atoms with E-state index in [4.69, 9.17) is 46.0 Å². The molecule has 21 nitrogen and oxygen atoms in total. The Morgan fingerprint density at radius 1 is 0.538 bits per heavy atom. The largest absolute Gasteiger partial charge is 0.377 e. The van der Waals surface area contributed by atoms with Crippen LogP contribution < -0.4 is 78.2 Å². The van der Waals surface area contributed by atoms with Crippen molar-refractivity contribution in [3.63, 3.8) is 0 Å². The highest BCUT2D eigenvalue weighted by atomic mass is 16.2. The Hall–Kier alpha value is -3.51. The summed E-state index contributed by atoms with van der Waals surface area (Å²) in [5.41, 5.74) is 27.4. The second-order valence-electron chi connectivity index (χ2n) is 12.6.